The van der Waals surface area contributed by atoms with Crippen LogP contribution in [-0.2, 0) is 11.2 Å². The van der Waals surface area contributed by atoms with E-state index in [0.717, 1.165) is 11.3 Å². The average Bonchev–Trinajstić information content (AvgIpc) is 3.14. The highest BCUT2D eigenvalue weighted by Gasteiger charge is 2.18. The van der Waals surface area contributed by atoms with Crippen LogP contribution < -0.4 is 10.6 Å². The Balaban J connectivity index is 1.74. The first kappa shape index (κ1) is 20.3. The number of aromatic nitrogens is 2. The van der Waals surface area contributed by atoms with Gasteiger partial charge >= 0.3 is 0 Å². The van der Waals surface area contributed by atoms with Crippen molar-refractivity contribution in [1.29, 1.82) is 0 Å². The van der Waals surface area contributed by atoms with E-state index in [2.05, 4.69) is 15.7 Å². The highest BCUT2D eigenvalue weighted by atomic mass is 19.1. The fourth-order valence-electron chi connectivity index (χ4n) is 2.68. The van der Waals surface area contributed by atoms with E-state index in [0.29, 0.717) is 18.8 Å². The predicted molar refractivity (Wildman–Crippen MR) is 109 cm³/mol. The minimum Gasteiger partial charge on any atom is -0.350 e. The Labute approximate surface area is 168 Å². The van der Waals surface area contributed by atoms with Crippen LogP contribution in [0.2, 0.25) is 0 Å². The molecule has 2 aromatic carbocycles. The Morgan fingerprint density at radius 2 is 1.76 bits per heavy atom. The summed E-state index contributed by atoms with van der Waals surface area (Å²) >= 11 is 0. The first-order valence-electron chi connectivity index (χ1n) is 9.43. The molecule has 7 heteroatoms. The largest absolute Gasteiger partial charge is 0.350 e. The van der Waals surface area contributed by atoms with Crippen molar-refractivity contribution in [3.05, 3.63) is 77.7 Å². The molecule has 0 aliphatic carbocycles. The summed E-state index contributed by atoms with van der Waals surface area (Å²) in [5, 5.41) is 10.00. The quantitative estimate of drug-likeness (QED) is 0.643. The van der Waals surface area contributed by atoms with Crippen LogP contribution in [0.25, 0.3) is 5.69 Å². The van der Waals surface area contributed by atoms with E-state index in [-0.39, 0.29) is 29.2 Å². The molecular weight excluding hydrogens is 371 g/mol. The van der Waals surface area contributed by atoms with Gasteiger partial charge in [0, 0.05) is 18.5 Å². The van der Waals surface area contributed by atoms with Crippen molar-refractivity contribution in [2.24, 2.45) is 5.92 Å². The number of hydrogen-bond acceptors (Lipinski definition) is 3. The molecule has 1 heterocycles. The molecule has 0 bridgehead atoms. The topological polar surface area (TPSA) is 76.0 Å². The van der Waals surface area contributed by atoms with E-state index in [1.807, 2.05) is 30.3 Å². The summed E-state index contributed by atoms with van der Waals surface area (Å²) in [7, 11) is 0. The van der Waals surface area contributed by atoms with E-state index in [9.17, 15) is 14.0 Å². The highest BCUT2D eigenvalue weighted by Crippen LogP contribution is 2.18. The number of carbonyl (C=O) groups is 2. The van der Waals surface area contributed by atoms with Crippen LogP contribution in [-0.4, -0.2) is 28.1 Å². The molecule has 0 saturated heterocycles. The molecule has 3 rings (SSSR count). The SMILES string of the molecule is CC(C)C(=O)Nc1cc(C(=O)NCCc2ccc(F)cc2)nn1-c1ccccc1. The maximum absolute atomic E-state index is 13.0. The molecule has 6 nitrogen and oxygen atoms in total. The Hall–Kier alpha value is -3.48. The van der Waals surface area contributed by atoms with E-state index >= 15 is 0 Å². The van der Waals surface area contributed by atoms with Gasteiger partial charge in [-0.25, -0.2) is 9.07 Å². The maximum atomic E-state index is 13.0. The lowest BCUT2D eigenvalue weighted by molar-refractivity contribution is -0.118. The Morgan fingerprint density at radius 3 is 2.41 bits per heavy atom. The minimum absolute atomic E-state index is 0.162. The van der Waals surface area contributed by atoms with Gasteiger partial charge in [-0.1, -0.05) is 44.2 Å². The molecule has 0 aliphatic heterocycles. The van der Waals surface area contributed by atoms with Gasteiger partial charge in [0.2, 0.25) is 5.91 Å². The van der Waals surface area contributed by atoms with Crippen LogP contribution in [0.5, 0.6) is 0 Å². The van der Waals surface area contributed by atoms with Crippen LogP contribution in [0, 0.1) is 11.7 Å². The zero-order chi connectivity index (χ0) is 20.8. The van der Waals surface area contributed by atoms with E-state index < -0.39 is 0 Å². The lowest BCUT2D eigenvalue weighted by atomic mass is 10.1. The van der Waals surface area contributed by atoms with E-state index in [1.54, 1.807) is 32.0 Å². The molecule has 0 radical (unpaired) electrons. The number of hydrogen-bond donors (Lipinski definition) is 2. The van der Waals surface area contributed by atoms with Crippen molar-refractivity contribution in [2.75, 3.05) is 11.9 Å². The van der Waals surface area contributed by atoms with Crippen molar-refractivity contribution in [3.8, 4) is 5.69 Å². The zero-order valence-corrected chi connectivity index (χ0v) is 16.4. The smallest absolute Gasteiger partial charge is 0.271 e. The van der Waals surface area contributed by atoms with Gasteiger partial charge in [-0.3, -0.25) is 9.59 Å². The van der Waals surface area contributed by atoms with Crippen molar-refractivity contribution < 1.29 is 14.0 Å². The summed E-state index contributed by atoms with van der Waals surface area (Å²) in [6.45, 7) is 3.97. The predicted octanol–water partition coefficient (Wildman–Crippen LogP) is 3.58. The molecule has 0 fully saturated rings. The number of para-hydroxylation sites is 1. The summed E-state index contributed by atoms with van der Waals surface area (Å²) in [4.78, 5) is 24.7. The van der Waals surface area contributed by atoms with E-state index in [1.165, 1.54) is 16.8 Å². The summed E-state index contributed by atoms with van der Waals surface area (Å²) in [5.41, 5.74) is 1.86. The standard InChI is InChI=1S/C22H23FN4O2/c1-15(2)21(28)25-20-14-19(26-27(20)18-6-4-3-5-7-18)22(29)24-13-12-16-8-10-17(23)11-9-16/h3-11,14-15H,12-13H2,1-2H3,(H,24,29)(H,25,28). The van der Waals surface area contributed by atoms with Crippen molar-refractivity contribution in [1.82, 2.24) is 15.1 Å². The van der Waals surface area contributed by atoms with Crippen LogP contribution >= 0.6 is 0 Å². The number of rotatable bonds is 7. The van der Waals surface area contributed by atoms with Crippen molar-refractivity contribution >= 4 is 17.6 Å². The minimum atomic E-state index is -0.346. The van der Waals surface area contributed by atoms with Gasteiger partial charge in [0.25, 0.3) is 5.91 Å². The normalized spacial score (nSPS) is 10.8. The molecular formula is C22H23FN4O2. The Bertz CT molecular complexity index is 982. The van der Waals surface area contributed by atoms with Gasteiger partial charge < -0.3 is 10.6 Å². The highest BCUT2D eigenvalue weighted by molar-refractivity contribution is 5.96. The van der Waals surface area contributed by atoms with Gasteiger partial charge in [0.15, 0.2) is 5.69 Å². The molecule has 0 atom stereocenters. The fraction of sp³-hybridized carbons (Fsp3) is 0.227. The molecule has 3 aromatic rings. The zero-order valence-electron chi connectivity index (χ0n) is 16.4. The van der Waals surface area contributed by atoms with Crippen LogP contribution in [0.3, 0.4) is 0 Å². The van der Waals surface area contributed by atoms with Crippen LogP contribution in [0.1, 0.15) is 29.9 Å². The molecule has 1 aromatic heterocycles. The van der Waals surface area contributed by atoms with E-state index in [4.69, 9.17) is 0 Å². The summed E-state index contributed by atoms with van der Waals surface area (Å²) in [6.07, 6.45) is 0.572. The average molecular weight is 394 g/mol. The first-order valence-corrected chi connectivity index (χ1v) is 9.43. The maximum Gasteiger partial charge on any atom is 0.271 e. The van der Waals surface area contributed by atoms with Crippen LogP contribution in [0.15, 0.2) is 60.7 Å². The van der Waals surface area contributed by atoms with Gasteiger partial charge in [0.1, 0.15) is 11.6 Å². The van der Waals surface area contributed by atoms with Gasteiger partial charge in [0.05, 0.1) is 5.69 Å². The number of benzene rings is 2. The number of carbonyl (C=O) groups excluding carboxylic acids is 2. The second-order valence-electron chi connectivity index (χ2n) is 6.94. The lowest BCUT2D eigenvalue weighted by Crippen LogP contribution is -2.26. The van der Waals surface area contributed by atoms with Crippen molar-refractivity contribution in [2.45, 2.75) is 20.3 Å². The third kappa shape index (κ3) is 5.28. The molecule has 0 aliphatic rings. The molecule has 0 saturated carbocycles. The number of halogens is 1. The monoisotopic (exact) mass is 394 g/mol. The molecule has 0 unspecified atom stereocenters. The van der Waals surface area contributed by atoms with Gasteiger partial charge in [-0.15, -0.1) is 0 Å². The Kier molecular flexibility index (Phi) is 6.39. The molecule has 150 valence electrons. The third-order valence-corrected chi connectivity index (χ3v) is 4.33. The van der Waals surface area contributed by atoms with Crippen LogP contribution in [0.4, 0.5) is 10.2 Å². The molecule has 2 amide bonds. The third-order valence-electron chi connectivity index (χ3n) is 4.33. The molecule has 29 heavy (non-hydrogen) atoms. The van der Waals surface area contributed by atoms with Gasteiger partial charge in [-0.05, 0) is 36.2 Å². The second kappa shape index (κ2) is 9.14. The summed E-state index contributed by atoms with van der Waals surface area (Å²) in [6, 6.07) is 17.0. The molecule has 2 N–H and O–H groups in total. The fourth-order valence-corrected chi connectivity index (χ4v) is 2.68. The Morgan fingerprint density at radius 1 is 1.07 bits per heavy atom. The number of nitrogens with zero attached hydrogens (tertiary/aromatic N) is 2. The summed E-state index contributed by atoms with van der Waals surface area (Å²) < 4.78 is 14.5. The number of amides is 2. The second-order valence-corrected chi connectivity index (χ2v) is 6.94. The van der Waals surface area contributed by atoms with Gasteiger partial charge in [-0.2, -0.15) is 5.10 Å². The van der Waals surface area contributed by atoms with Crippen molar-refractivity contribution in [3.63, 3.8) is 0 Å². The first-order chi connectivity index (χ1) is 13.9. The lowest BCUT2D eigenvalue weighted by Gasteiger charge is -2.10. The number of nitrogens with one attached hydrogen (secondary N) is 2. The number of anilines is 1. The summed E-state index contributed by atoms with van der Waals surface area (Å²) in [5.74, 6) is -0.576. The molecule has 0 spiro atoms.